The Morgan fingerprint density at radius 2 is 1.82 bits per heavy atom. The second kappa shape index (κ2) is 7.81. The first kappa shape index (κ1) is 17.6. The minimum Gasteiger partial charge on any atom is -0.488 e. The molecule has 0 saturated heterocycles. The molecule has 0 saturated carbocycles. The number of para-hydroxylation sites is 1. The molecule has 4 nitrogen and oxygen atoms in total. The number of rotatable bonds is 2. The van der Waals surface area contributed by atoms with E-state index in [1.165, 1.54) is 7.11 Å². The molecule has 2 aromatic carbocycles. The van der Waals surface area contributed by atoms with Crippen LogP contribution in [-0.2, 0) is 4.74 Å². The quantitative estimate of drug-likeness (QED) is 0.499. The first-order valence-corrected chi connectivity index (χ1v) is 8.83. The molecule has 1 aliphatic heterocycles. The van der Waals surface area contributed by atoms with Gasteiger partial charge in [0.15, 0.2) is 0 Å². The largest absolute Gasteiger partial charge is 0.488 e. The van der Waals surface area contributed by atoms with Crippen LogP contribution in [0.3, 0.4) is 0 Å². The van der Waals surface area contributed by atoms with Crippen molar-refractivity contribution in [3.63, 3.8) is 0 Å². The fourth-order valence-corrected chi connectivity index (χ4v) is 2.89. The molecular formula is C24H17NO3. The molecule has 4 heteroatoms. The number of aromatic nitrogens is 1. The van der Waals surface area contributed by atoms with Crippen molar-refractivity contribution in [3.8, 4) is 28.8 Å². The maximum Gasteiger partial charge on any atom is 0.337 e. The Bertz CT molecular complexity index is 1120. The predicted octanol–water partition coefficient (Wildman–Crippen LogP) is 4.36. The summed E-state index contributed by atoms with van der Waals surface area (Å²) in [5.41, 5.74) is 4.83. The molecule has 0 bridgehead atoms. The van der Waals surface area contributed by atoms with E-state index in [0.29, 0.717) is 17.9 Å². The zero-order valence-electron chi connectivity index (χ0n) is 15.3. The second-order valence-electron chi connectivity index (χ2n) is 6.22. The van der Waals surface area contributed by atoms with Crippen molar-refractivity contribution in [3.05, 3.63) is 89.1 Å². The molecule has 3 aromatic rings. The van der Waals surface area contributed by atoms with Gasteiger partial charge in [0.25, 0.3) is 0 Å². The summed E-state index contributed by atoms with van der Waals surface area (Å²) < 4.78 is 10.5. The number of nitrogens with zero attached hydrogens (tertiary/aromatic N) is 1. The van der Waals surface area contributed by atoms with E-state index >= 15 is 0 Å². The topological polar surface area (TPSA) is 48.4 Å². The van der Waals surface area contributed by atoms with Gasteiger partial charge in [0.2, 0.25) is 0 Å². The lowest BCUT2D eigenvalue weighted by atomic mass is 10.1. The van der Waals surface area contributed by atoms with Crippen LogP contribution in [0.25, 0.3) is 17.3 Å². The maximum atomic E-state index is 11.6. The van der Waals surface area contributed by atoms with E-state index in [9.17, 15) is 4.79 Å². The summed E-state index contributed by atoms with van der Waals surface area (Å²) in [5, 5.41) is 0. The van der Waals surface area contributed by atoms with Gasteiger partial charge in [-0.15, -0.1) is 0 Å². The normalized spacial score (nSPS) is 12.0. The molecule has 0 unspecified atom stereocenters. The average molecular weight is 367 g/mol. The van der Waals surface area contributed by atoms with E-state index in [0.717, 1.165) is 28.1 Å². The molecule has 4 rings (SSSR count). The highest BCUT2D eigenvalue weighted by Crippen LogP contribution is 2.25. The van der Waals surface area contributed by atoms with Crippen LogP contribution in [-0.4, -0.2) is 24.7 Å². The lowest BCUT2D eigenvalue weighted by molar-refractivity contribution is 0.0601. The lowest BCUT2D eigenvalue weighted by Gasteiger charge is -2.14. The third-order valence-electron chi connectivity index (χ3n) is 4.33. The van der Waals surface area contributed by atoms with Gasteiger partial charge in [0, 0.05) is 16.7 Å². The monoisotopic (exact) mass is 367 g/mol. The smallest absolute Gasteiger partial charge is 0.337 e. The van der Waals surface area contributed by atoms with Crippen LogP contribution in [0.2, 0.25) is 0 Å². The summed E-state index contributed by atoms with van der Waals surface area (Å²) in [6, 6.07) is 20.7. The molecular weight excluding hydrogens is 350 g/mol. The third kappa shape index (κ3) is 3.79. The number of hydrogen-bond donors (Lipinski definition) is 0. The van der Waals surface area contributed by atoms with E-state index < -0.39 is 0 Å². The van der Waals surface area contributed by atoms with Gasteiger partial charge in [-0.2, -0.15) is 0 Å². The summed E-state index contributed by atoms with van der Waals surface area (Å²) in [6.07, 6.45) is 2.04. The van der Waals surface area contributed by atoms with Gasteiger partial charge < -0.3 is 9.47 Å². The highest BCUT2D eigenvalue weighted by atomic mass is 16.5. The molecule has 0 atom stereocenters. The fraction of sp³-hybridized carbons (Fsp3) is 0.0833. The Kier molecular flexibility index (Phi) is 4.90. The fourth-order valence-electron chi connectivity index (χ4n) is 2.89. The van der Waals surface area contributed by atoms with Crippen molar-refractivity contribution in [2.24, 2.45) is 0 Å². The van der Waals surface area contributed by atoms with Crippen molar-refractivity contribution >= 4 is 12.0 Å². The molecule has 28 heavy (non-hydrogen) atoms. The van der Waals surface area contributed by atoms with Gasteiger partial charge in [-0.3, -0.25) is 0 Å². The van der Waals surface area contributed by atoms with Crippen molar-refractivity contribution in [2.45, 2.75) is 0 Å². The number of pyridine rings is 1. The van der Waals surface area contributed by atoms with Crippen molar-refractivity contribution in [2.75, 3.05) is 13.7 Å². The summed E-state index contributed by atoms with van der Waals surface area (Å²) in [4.78, 5) is 16.2. The molecule has 0 N–H and O–H groups in total. The highest BCUT2D eigenvalue weighted by molar-refractivity contribution is 5.89. The van der Waals surface area contributed by atoms with Crippen LogP contribution in [0.4, 0.5) is 0 Å². The Labute approximate surface area is 163 Å². The van der Waals surface area contributed by atoms with Gasteiger partial charge in [-0.1, -0.05) is 42.3 Å². The minimum absolute atomic E-state index is 0.358. The molecule has 2 heterocycles. The van der Waals surface area contributed by atoms with Crippen LogP contribution >= 0.6 is 0 Å². The highest BCUT2D eigenvalue weighted by Gasteiger charge is 2.09. The molecule has 1 aromatic heterocycles. The first-order valence-electron chi connectivity index (χ1n) is 8.83. The van der Waals surface area contributed by atoms with Crippen molar-refractivity contribution in [1.29, 1.82) is 0 Å². The van der Waals surface area contributed by atoms with Gasteiger partial charge in [0.1, 0.15) is 18.1 Å². The van der Waals surface area contributed by atoms with Gasteiger partial charge in [0.05, 0.1) is 18.4 Å². The van der Waals surface area contributed by atoms with Gasteiger partial charge >= 0.3 is 5.97 Å². The van der Waals surface area contributed by atoms with Crippen LogP contribution in [0, 0.1) is 11.8 Å². The molecule has 0 radical (unpaired) electrons. The number of fused-ring (bicyclic) bond motifs is 1. The zero-order valence-corrected chi connectivity index (χ0v) is 15.3. The van der Waals surface area contributed by atoms with Gasteiger partial charge in [-0.05, 0) is 42.3 Å². The summed E-state index contributed by atoms with van der Waals surface area (Å²) >= 11 is 0. The summed E-state index contributed by atoms with van der Waals surface area (Å²) in [5.74, 6) is 6.78. The van der Waals surface area contributed by atoms with Crippen LogP contribution < -0.4 is 4.74 Å². The molecule has 0 aliphatic carbocycles. The number of methoxy groups -OCH3 is 1. The number of ether oxygens (including phenoxy) is 2. The molecule has 1 aliphatic rings. The van der Waals surface area contributed by atoms with Crippen molar-refractivity contribution < 1.29 is 14.3 Å². The molecule has 136 valence electrons. The third-order valence-corrected chi connectivity index (χ3v) is 4.33. The summed E-state index contributed by atoms with van der Waals surface area (Å²) in [7, 11) is 1.37. The zero-order chi connectivity index (χ0) is 19.3. The maximum absolute atomic E-state index is 11.6. The SMILES string of the molecule is COC(=O)c1ccc(-c2cccc(C#CC3=Cc4ccccc4OC3)n2)cc1. The standard InChI is InChI=1S/C24H17NO3/c1-27-24(26)19-12-10-18(11-13-19)22-7-4-6-21(25-22)14-9-17-15-20-5-2-3-8-23(20)28-16-17/h2-8,10-13,15H,16H2,1H3. The number of hydrogen-bond acceptors (Lipinski definition) is 4. The number of benzene rings is 2. The molecule has 0 amide bonds. The summed E-state index contributed by atoms with van der Waals surface area (Å²) in [6.45, 7) is 0.457. The number of carbonyl (C=O) groups is 1. The van der Waals surface area contributed by atoms with E-state index in [4.69, 9.17) is 9.47 Å². The second-order valence-corrected chi connectivity index (χ2v) is 6.22. The first-order chi connectivity index (χ1) is 13.7. The Balaban J connectivity index is 1.57. The average Bonchev–Trinajstić information content (AvgIpc) is 2.77. The van der Waals surface area contributed by atoms with Crippen LogP contribution in [0.15, 0.2) is 72.3 Å². The van der Waals surface area contributed by atoms with E-state index in [2.05, 4.69) is 16.8 Å². The Hall–Kier alpha value is -3.84. The van der Waals surface area contributed by atoms with E-state index in [1.54, 1.807) is 12.1 Å². The Morgan fingerprint density at radius 1 is 1.00 bits per heavy atom. The van der Waals surface area contributed by atoms with Crippen LogP contribution in [0.1, 0.15) is 21.6 Å². The molecule has 0 spiro atoms. The van der Waals surface area contributed by atoms with E-state index in [1.807, 2.05) is 60.7 Å². The van der Waals surface area contributed by atoms with E-state index in [-0.39, 0.29) is 5.97 Å². The molecule has 0 fully saturated rings. The van der Waals surface area contributed by atoms with Crippen molar-refractivity contribution in [1.82, 2.24) is 4.98 Å². The lowest BCUT2D eigenvalue weighted by Crippen LogP contribution is -2.05. The predicted molar refractivity (Wildman–Crippen MR) is 108 cm³/mol. The minimum atomic E-state index is -0.358. The number of esters is 1. The van der Waals surface area contributed by atoms with Crippen LogP contribution in [0.5, 0.6) is 5.75 Å². The number of carbonyl (C=O) groups excluding carboxylic acids is 1. The Morgan fingerprint density at radius 3 is 2.64 bits per heavy atom. The van der Waals surface area contributed by atoms with Gasteiger partial charge in [-0.25, -0.2) is 9.78 Å².